The number of halogens is 1. The number of hydrogen-bond donors (Lipinski definition) is 0. The third-order valence-electron chi connectivity index (χ3n) is 2.53. The first-order valence-electron chi connectivity index (χ1n) is 6.20. The third kappa shape index (κ3) is 7.81. The van der Waals surface area contributed by atoms with Crippen LogP contribution >= 0.6 is 0 Å². The summed E-state index contributed by atoms with van der Waals surface area (Å²) in [6, 6.07) is 7.47. The summed E-state index contributed by atoms with van der Waals surface area (Å²) in [4.78, 5) is 11.5. The lowest BCUT2D eigenvalue weighted by molar-refractivity contribution is -0.870. The Labute approximate surface area is 127 Å². The Morgan fingerprint density at radius 3 is 2.30 bits per heavy atom. The van der Waals surface area contributed by atoms with E-state index in [0.717, 1.165) is 22.3 Å². The third-order valence-corrected chi connectivity index (χ3v) is 2.53. The molecule has 0 saturated heterocycles. The van der Waals surface area contributed by atoms with Gasteiger partial charge < -0.3 is 26.4 Å². The summed E-state index contributed by atoms with van der Waals surface area (Å²) in [6.45, 7) is 1.22. The molecule has 0 amide bonds. The highest BCUT2D eigenvalue weighted by atomic mass is 35.5. The summed E-state index contributed by atoms with van der Waals surface area (Å²) >= 11 is 0. The van der Waals surface area contributed by atoms with Crippen molar-refractivity contribution in [1.82, 2.24) is 0 Å². The van der Waals surface area contributed by atoms with Crippen molar-refractivity contribution in [3.63, 3.8) is 0 Å². The number of methoxy groups -OCH3 is 1. The number of nitrogens with zero attached hydrogens (tertiary/aromatic N) is 1. The molecule has 0 fully saturated rings. The van der Waals surface area contributed by atoms with Crippen LogP contribution < -0.4 is 17.1 Å². The first-order valence-corrected chi connectivity index (χ1v) is 6.20. The van der Waals surface area contributed by atoms with Crippen molar-refractivity contribution in [3.05, 3.63) is 35.9 Å². The Balaban J connectivity index is 0.00000361. The maximum atomic E-state index is 11.5. The number of quaternary nitrogens is 1. The van der Waals surface area contributed by atoms with Crippen LogP contribution in [0.25, 0.3) is 6.08 Å². The minimum absolute atomic E-state index is 0. The minimum atomic E-state index is -0.315. The van der Waals surface area contributed by atoms with E-state index in [4.69, 9.17) is 9.47 Å². The normalized spacial score (nSPS) is 11.0. The molecule has 0 spiro atoms. The molecule has 0 aliphatic rings. The fourth-order valence-corrected chi connectivity index (χ4v) is 1.35. The van der Waals surface area contributed by atoms with Gasteiger partial charge in [0.1, 0.15) is 18.9 Å². The number of hydrogen-bond acceptors (Lipinski definition) is 3. The topological polar surface area (TPSA) is 35.5 Å². The van der Waals surface area contributed by atoms with Crippen LogP contribution in [0.1, 0.15) is 5.56 Å². The number of carbonyl (C=O) groups excluding carboxylic acids is 1. The van der Waals surface area contributed by atoms with E-state index in [1.807, 2.05) is 24.3 Å². The van der Waals surface area contributed by atoms with Gasteiger partial charge in [-0.1, -0.05) is 12.1 Å². The summed E-state index contributed by atoms with van der Waals surface area (Å²) in [5.41, 5.74) is 0.935. The predicted molar refractivity (Wildman–Crippen MR) is 75.9 cm³/mol. The molecule has 0 aliphatic heterocycles. The fourth-order valence-electron chi connectivity index (χ4n) is 1.35. The molecule has 1 aromatic rings. The molecule has 0 atom stereocenters. The standard InChI is InChI=1S/C15H22NO3.ClH/c1-16(2,3)11-12-19-15(17)10-7-13-5-8-14(18-4)9-6-13;/h5-10H,11-12H2,1-4H3;1H/q+1;/p-1. The van der Waals surface area contributed by atoms with E-state index in [9.17, 15) is 4.79 Å². The van der Waals surface area contributed by atoms with Crippen molar-refractivity contribution in [1.29, 1.82) is 0 Å². The molecule has 1 aromatic carbocycles. The van der Waals surface area contributed by atoms with Gasteiger partial charge in [-0.15, -0.1) is 0 Å². The molecule has 0 unspecified atom stereocenters. The van der Waals surface area contributed by atoms with Gasteiger partial charge in [-0.2, -0.15) is 0 Å². The Bertz CT molecular complexity index is 435. The van der Waals surface area contributed by atoms with Crippen molar-refractivity contribution < 1.29 is 31.2 Å². The van der Waals surface area contributed by atoms with Crippen LogP contribution in [0.5, 0.6) is 5.75 Å². The van der Waals surface area contributed by atoms with E-state index in [1.165, 1.54) is 6.08 Å². The Kier molecular flexibility index (Phi) is 7.96. The molecule has 0 saturated carbocycles. The van der Waals surface area contributed by atoms with Crippen molar-refractivity contribution in [2.24, 2.45) is 0 Å². The Morgan fingerprint density at radius 1 is 1.20 bits per heavy atom. The number of ether oxygens (including phenoxy) is 2. The first kappa shape index (κ1) is 18.5. The van der Waals surface area contributed by atoms with E-state index in [2.05, 4.69) is 21.1 Å². The smallest absolute Gasteiger partial charge is 0.330 e. The Hall–Kier alpha value is -1.52. The van der Waals surface area contributed by atoms with E-state index in [0.29, 0.717) is 6.61 Å². The van der Waals surface area contributed by atoms with Crippen molar-refractivity contribution in [2.75, 3.05) is 41.4 Å². The van der Waals surface area contributed by atoms with E-state index in [-0.39, 0.29) is 18.4 Å². The molecule has 1 rings (SSSR count). The summed E-state index contributed by atoms with van der Waals surface area (Å²) in [7, 11) is 7.79. The van der Waals surface area contributed by atoms with Gasteiger partial charge >= 0.3 is 5.97 Å². The maximum absolute atomic E-state index is 11.5. The van der Waals surface area contributed by atoms with Crippen LogP contribution in [0, 0.1) is 0 Å². The van der Waals surface area contributed by atoms with Crippen LogP contribution in [0.2, 0.25) is 0 Å². The molecule has 0 bridgehead atoms. The van der Waals surface area contributed by atoms with Crippen LogP contribution in [-0.4, -0.2) is 51.9 Å². The molecule has 0 N–H and O–H groups in total. The lowest BCUT2D eigenvalue weighted by Crippen LogP contribution is -3.00. The lowest BCUT2D eigenvalue weighted by atomic mass is 10.2. The van der Waals surface area contributed by atoms with Gasteiger partial charge in [0.2, 0.25) is 0 Å². The summed E-state index contributed by atoms with van der Waals surface area (Å²) in [5, 5.41) is 0. The van der Waals surface area contributed by atoms with Crippen LogP contribution in [0.3, 0.4) is 0 Å². The number of esters is 1. The average molecular weight is 300 g/mol. The van der Waals surface area contributed by atoms with Crippen LogP contribution in [0.4, 0.5) is 0 Å². The molecular formula is C15H22ClNO3. The van der Waals surface area contributed by atoms with Gasteiger partial charge in [0.25, 0.3) is 0 Å². The number of carbonyl (C=O) groups is 1. The molecule has 0 radical (unpaired) electrons. The molecule has 4 nitrogen and oxygen atoms in total. The van der Waals surface area contributed by atoms with Gasteiger partial charge in [0.15, 0.2) is 0 Å². The van der Waals surface area contributed by atoms with E-state index < -0.39 is 0 Å². The first-order chi connectivity index (χ1) is 8.90. The van der Waals surface area contributed by atoms with Gasteiger partial charge in [-0.05, 0) is 23.8 Å². The quantitative estimate of drug-likeness (QED) is 0.382. The van der Waals surface area contributed by atoms with Gasteiger partial charge in [0, 0.05) is 6.08 Å². The van der Waals surface area contributed by atoms with Crippen molar-refractivity contribution >= 4 is 12.0 Å². The maximum Gasteiger partial charge on any atom is 0.330 e. The predicted octanol–water partition coefficient (Wildman–Crippen LogP) is -1.04. The second-order valence-electron chi connectivity index (χ2n) is 5.29. The summed E-state index contributed by atoms with van der Waals surface area (Å²) in [6.07, 6.45) is 3.17. The van der Waals surface area contributed by atoms with Gasteiger partial charge in [-0.25, -0.2) is 4.79 Å². The molecular weight excluding hydrogens is 278 g/mol. The van der Waals surface area contributed by atoms with E-state index >= 15 is 0 Å². The number of benzene rings is 1. The second kappa shape index (κ2) is 8.61. The SMILES string of the molecule is COc1ccc(C=CC(=O)OCC[N+](C)(C)C)cc1.[Cl-]. The zero-order valence-corrected chi connectivity index (χ0v) is 13.2. The number of likely N-dealkylation sites (N-methyl/N-ethyl adjacent to an activating group) is 1. The molecule has 20 heavy (non-hydrogen) atoms. The molecule has 0 aliphatic carbocycles. The second-order valence-corrected chi connectivity index (χ2v) is 5.29. The molecule has 112 valence electrons. The molecule has 5 heteroatoms. The van der Waals surface area contributed by atoms with E-state index in [1.54, 1.807) is 13.2 Å². The van der Waals surface area contributed by atoms with Gasteiger partial charge in [0.05, 0.1) is 28.3 Å². The van der Waals surface area contributed by atoms with Crippen LogP contribution in [0.15, 0.2) is 30.3 Å². The zero-order valence-electron chi connectivity index (χ0n) is 12.4. The van der Waals surface area contributed by atoms with Gasteiger partial charge in [-0.3, -0.25) is 0 Å². The molecule has 0 aromatic heterocycles. The average Bonchev–Trinajstić information content (AvgIpc) is 2.35. The number of rotatable bonds is 6. The highest BCUT2D eigenvalue weighted by Gasteiger charge is 2.07. The summed E-state index contributed by atoms with van der Waals surface area (Å²) in [5.74, 6) is 0.479. The van der Waals surface area contributed by atoms with Crippen molar-refractivity contribution in [2.45, 2.75) is 0 Å². The fraction of sp³-hybridized carbons (Fsp3) is 0.400. The monoisotopic (exact) mass is 299 g/mol. The largest absolute Gasteiger partial charge is 1.00 e. The van der Waals surface area contributed by atoms with Crippen LogP contribution in [-0.2, 0) is 9.53 Å². The summed E-state index contributed by atoms with van der Waals surface area (Å²) < 4.78 is 11.0. The molecule has 0 heterocycles. The minimum Gasteiger partial charge on any atom is -1.00 e. The zero-order chi connectivity index (χ0) is 14.3. The van der Waals surface area contributed by atoms with Crippen molar-refractivity contribution in [3.8, 4) is 5.75 Å². The highest BCUT2D eigenvalue weighted by Crippen LogP contribution is 2.12. The lowest BCUT2D eigenvalue weighted by Gasteiger charge is -2.23. The highest BCUT2D eigenvalue weighted by molar-refractivity contribution is 5.87. The Morgan fingerprint density at radius 2 is 1.80 bits per heavy atom.